The molecule has 2 N–H and O–H groups in total. The summed E-state index contributed by atoms with van der Waals surface area (Å²) in [5.41, 5.74) is 1.14. The second-order valence-electron chi connectivity index (χ2n) is 6.43. The Hall–Kier alpha value is -2.08. The third-order valence-corrected chi connectivity index (χ3v) is 4.19. The van der Waals surface area contributed by atoms with Crippen molar-refractivity contribution in [2.24, 2.45) is 11.8 Å². The third-order valence-electron chi connectivity index (χ3n) is 4.19. The number of likely N-dealkylation sites (N-methyl/N-ethyl adjacent to an activating group) is 1. The van der Waals surface area contributed by atoms with Crippen LogP contribution in [0.1, 0.15) is 12.0 Å². The zero-order valence-corrected chi connectivity index (χ0v) is 14.7. The van der Waals surface area contributed by atoms with E-state index in [1.165, 1.54) is 0 Å². The number of amides is 2. The number of ether oxygens (including phenoxy) is 1. The van der Waals surface area contributed by atoms with E-state index >= 15 is 0 Å². The molecule has 0 saturated heterocycles. The Balaban J connectivity index is 1.64. The van der Waals surface area contributed by atoms with Crippen LogP contribution in [-0.2, 0) is 16.0 Å². The quantitative estimate of drug-likeness (QED) is 0.697. The van der Waals surface area contributed by atoms with Gasteiger partial charge < -0.3 is 20.3 Å². The van der Waals surface area contributed by atoms with Gasteiger partial charge in [0.25, 0.3) is 0 Å². The minimum absolute atomic E-state index is 0.00726. The highest BCUT2D eigenvalue weighted by Crippen LogP contribution is 2.38. The van der Waals surface area contributed by atoms with Crippen LogP contribution < -0.4 is 15.4 Å². The van der Waals surface area contributed by atoms with E-state index in [1.807, 2.05) is 43.3 Å². The third kappa shape index (κ3) is 5.53. The lowest BCUT2D eigenvalue weighted by molar-refractivity contribution is -0.127. The molecule has 1 aromatic rings. The van der Waals surface area contributed by atoms with E-state index in [0.29, 0.717) is 19.5 Å². The fourth-order valence-corrected chi connectivity index (χ4v) is 2.56. The van der Waals surface area contributed by atoms with E-state index in [2.05, 4.69) is 10.6 Å². The Bertz CT molecular complexity index is 557. The van der Waals surface area contributed by atoms with Gasteiger partial charge in [-0.15, -0.1) is 0 Å². The Kier molecular flexibility index (Phi) is 6.61. The van der Waals surface area contributed by atoms with Crippen LogP contribution in [0.25, 0.3) is 0 Å². The summed E-state index contributed by atoms with van der Waals surface area (Å²) in [4.78, 5) is 26.0. The number of nitrogens with one attached hydrogen (secondary N) is 2. The predicted molar refractivity (Wildman–Crippen MR) is 92.9 cm³/mol. The Morgan fingerprint density at radius 3 is 2.21 bits per heavy atom. The Labute approximate surface area is 143 Å². The van der Waals surface area contributed by atoms with Gasteiger partial charge in [0, 0.05) is 19.6 Å². The lowest BCUT2D eigenvalue weighted by Crippen LogP contribution is -2.34. The van der Waals surface area contributed by atoms with Gasteiger partial charge in [-0.3, -0.25) is 9.59 Å². The number of methoxy groups -OCH3 is 1. The molecular formula is C18H27N3O3. The highest BCUT2D eigenvalue weighted by Gasteiger charge is 2.47. The van der Waals surface area contributed by atoms with Crippen LogP contribution in [-0.4, -0.2) is 57.6 Å². The fourth-order valence-electron chi connectivity index (χ4n) is 2.56. The molecule has 0 bridgehead atoms. The van der Waals surface area contributed by atoms with Crippen molar-refractivity contribution in [3.63, 3.8) is 0 Å². The van der Waals surface area contributed by atoms with E-state index in [1.54, 1.807) is 7.11 Å². The maximum atomic E-state index is 12.1. The monoisotopic (exact) mass is 333 g/mol. The maximum Gasteiger partial charge on any atom is 0.223 e. The lowest BCUT2D eigenvalue weighted by atomic mass is 10.1. The van der Waals surface area contributed by atoms with Crippen LogP contribution in [0, 0.1) is 11.8 Å². The second kappa shape index (κ2) is 8.68. The number of carbonyl (C=O) groups excluding carboxylic acids is 2. The summed E-state index contributed by atoms with van der Waals surface area (Å²) in [7, 11) is 5.56. The molecule has 2 rings (SSSR count). The molecule has 6 nitrogen and oxygen atoms in total. The van der Waals surface area contributed by atoms with E-state index in [9.17, 15) is 9.59 Å². The summed E-state index contributed by atoms with van der Waals surface area (Å²) in [6.45, 7) is 2.00. The van der Waals surface area contributed by atoms with Gasteiger partial charge in [0.2, 0.25) is 11.8 Å². The van der Waals surface area contributed by atoms with Gasteiger partial charge >= 0.3 is 0 Å². The molecule has 0 radical (unpaired) electrons. The van der Waals surface area contributed by atoms with Crippen LogP contribution in [0.5, 0.6) is 5.75 Å². The Morgan fingerprint density at radius 1 is 1.08 bits per heavy atom. The standard InChI is InChI=1S/C18H27N3O3/c1-21(2)11-10-20-18(23)16-12-15(16)17(22)19-9-8-13-4-6-14(24-3)7-5-13/h4-7,15-16H,8-12H2,1-3H3,(H,19,22)(H,20,23). The molecule has 6 heteroatoms. The molecule has 0 aromatic heterocycles. The molecule has 2 unspecified atom stereocenters. The summed E-state index contributed by atoms with van der Waals surface area (Å²) in [5, 5.41) is 5.80. The maximum absolute atomic E-state index is 12.1. The van der Waals surface area contributed by atoms with Gasteiger partial charge in [-0.1, -0.05) is 12.1 Å². The minimum Gasteiger partial charge on any atom is -0.497 e. The molecule has 2 atom stereocenters. The van der Waals surface area contributed by atoms with Crippen molar-refractivity contribution in [1.29, 1.82) is 0 Å². The van der Waals surface area contributed by atoms with Crippen LogP contribution in [0.2, 0.25) is 0 Å². The molecule has 1 fully saturated rings. The van der Waals surface area contributed by atoms with Crippen LogP contribution in [0.4, 0.5) is 0 Å². The predicted octanol–water partition coefficient (Wildman–Crippen LogP) is 0.668. The molecule has 1 saturated carbocycles. The zero-order chi connectivity index (χ0) is 17.5. The van der Waals surface area contributed by atoms with E-state index in [0.717, 1.165) is 24.3 Å². The van der Waals surface area contributed by atoms with Crippen molar-refractivity contribution in [3.8, 4) is 5.75 Å². The molecule has 132 valence electrons. The number of hydrogen-bond acceptors (Lipinski definition) is 4. The summed E-state index contributed by atoms with van der Waals surface area (Å²) in [6, 6.07) is 7.80. The number of benzene rings is 1. The lowest BCUT2D eigenvalue weighted by Gasteiger charge is -2.10. The average Bonchev–Trinajstić information content (AvgIpc) is 3.36. The van der Waals surface area contributed by atoms with Crippen molar-refractivity contribution in [2.45, 2.75) is 12.8 Å². The Morgan fingerprint density at radius 2 is 1.67 bits per heavy atom. The van der Waals surface area contributed by atoms with Crippen molar-refractivity contribution < 1.29 is 14.3 Å². The molecule has 1 aromatic carbocycles. The molecule has 0 heterocycles. The van der Waals surface area contributed by atoms with Crippen molar-refractivity contribution in [2.75, 3.05) is 40.8 Å². The highest BCUT2D eigenvalue weighted by molar-refractivity contribution is 5.92. The zero-order valence-electron chi connectivity index (χ0n) is 14.7. The molecule has 24 heavy (non-hydrogen) atoms. The van der Waals surface area contributed by atoms with Gasteiger partial charge in [0.1, 0.15) is 5.75 Å². The topological polar surface area (TPSA) is 70.7 Å². The summed E-state index contributed by atoms with van der Waals surface area (Å²) in [5.74, 6) is 0.473. The van der Waals surface area contributed by atoms with Gasteiger partial charge in [0.15, 0.2) is 0 Å². The van der Waals surface area contributed by atoms with Crippen LogP contribution in [0.15, 0.2) is 24.3 Å². The SMILES string of the molecule is COc1ccc(CCNC(=O)C2CC2C(=O)NCCN(C)C)cc1. The fraction of sp³-hybridized carbons (Fsp3) is 0.556. The first kappa shape index (κ1) is 18.3. The molecule has 1 aliphatic rings. The average molecular weight is 333 g/mol. The molecule has 0 spiro atoms. The normalized spacial score (nSPS) is 19.0. The van der Waals surface area contributed by atoms with E-state index in [4.69, 9.17) is 4.74 Å². The van der Waals surface area contributed by atoms with Crippen LogP contribution in [0.3, 0.4) is 0 Å². The highest BCUT2D eigenvalue weighted by atomic mass is 16.5. The van der Waals surface area contributed by atoms with E-state index in [-0.39, 0.29) is 23.7 Å². The molecule has 1 aliphatic carbocycles. The van der Waals surface area contributed by atoms with Crippen LogP contribution >= 0.6 is 0 Å². The molecule has 2 amide bonds. The smallest absolute Gasteiger partial charge is 0.223 e. The van der Waals surface area contributed by atoms with Gasteiger partial charge in [-0.05, 0) is 44.6 Å². The van der Waals surface area contributed by atoms with Crippen molar-refractivity contribution >= 4 is 11.8 Å². The molecule has 0 aliphatic heterocycles. The van der Waals surface area contributed by atoms with Gasteiger partial charge in [0.05, 0.1) is 18.9 Å². The first-order valence-corrected chi connectivity index (χ1v) is 8.34. The first-order chi connectivity index (χ1) is 11.5. The van der Waals surface area contributed by atoms with E-state index < -0.39 is 0 Å². The number of hydrogen-bond donors (Lipinski definition) is 2. The summed E-state index contributed by atoms with van der Waals surface area (Å²) < 4.78 is 5.12. The number of carbonyl (C=O) groups is 2. The summed E-state index contributed by atoms with van der Waals surface area (Å²) >= 11 is 0. The number of rotatable bonds is 9. The second-order valence-corrected chi connectivity index (χ2v) is 6.43. The minimum atomic E-state index is -0.166. The molecular weight excluding hydrogens is 306 g/mol. The van der Waals surface area contributed by atoms with Gasteiger partial charge in [-0.25, -0.2) is 0 Å². The van der Waals surface area contributed by atoms with Crippen molar-refractivity contribution in [3.05, 3.63) is 29.8 Å². The summed E-state index contributed by atoms with van der Waals surface area (Å²) in [6.07, 6.45) is 1.42. The largest absolute Gasteiger partial charge is 0.497 e. The number of nitrogens with zero attached hydrogens (tertiary/aromatic N) is 1. The van der Waals surface area contributed by atoms with Crippen molar-refractivity contribution in [1.82, 2.24) is 15.5 Å². The first-order valence-electron chi connectivity index (χ1n) is 8.34. The van der Waals surface area contributed by atoms with Gasteiger partial charge in [-0.2, -0.15) is 0 Å².